The number of hydrogen-bond acceptors (Lipinski definition) is 4. The van der Waals surface area contributed by atoms with E-state index in [9.17, 15) is 4.79 Å². The number of nitrogens with zero attached hydrogens (tertiary/aromatic N) is 2. The number of hydrogen-bond donors (Lipinski definition) is 1. The lowest BCUT2D eigenvalue weighted by molar-refractivity contribution is -0.120. The Hall–Kier alpha value is -2.84. The second-order valence-electron chi connectivity index (χ2n) is 4.96. The van der Waals surface area contributed by atoms with E-state index in [1.54, 1.807) is 12.3 Å². The maximum absolute atomic E-state index is 11.8. The Bertz CT molecular complexity index is 780. The van der Waals surface area contributed by atoms with Crippen LogP contribution >= 0.6 is 11.6 Å². The molecule has 2 aromatic rings. The van der Waals surface area contributed by atoms with Crippen molar-refractivity contribution in [3.63, 3.8) is 0 Å². The van der Waals surface area contributed by atoms with E-state index in [1.807, 2.05) is 30.3 Å². The highest BCUT2D eigenvalue weighted by Crippen LogP contribution is 2.20. The second-order valence-corrected chi connectivity index (χ2v) is 5.36. The number of halogens is 1. The van der Waals surface area contributed by atoms with Crippen LogP contribution in [0.25, 0.3) is 0 Å². The molecule has 0 unspecified atom stereocenters. The largest absolute Gasteiger partial charge is 0.386 e. The lowest BCUT2D eigenvalue weighted by atomic mass is 10.1. The molecule has 0 bridgehead atoms. The maximum atomic E-state index is 11.8. The van der Waals surface area contributed by atoms with Crippen molar-refractivity contribution in [3.05, 3.63) is 64.2 Å². The molecule has 6 heteroatoms. The van der Waals surface area contributed by atoms with E-state index in [2.05, 4.69) is 17.4 Å². The Kier molecular flexibility index (Phi) is 6.35. The fraction of sp³-hybridized carbons (Fsp3) is 0.167. The van der Waals surface area contributed by atoms with Gasteiger partial charge in [0.15, 0.2) is 6.61 Å². The molecule has 0 aliphatic carbocycles. The Balaban J connectivity index is 1.81. The molecule has 0 aliphatic heterocycles. The Morgan fingerprint density at radius 2 is 2.08 bits per heavy atom. The van der Waals surface area contributed by atoms with E-state index in [0.29, 0.717) is 11.3 Å². The van der Waals surface area contributed by atoms with Crippen molar-refractivity contribution >= 4 is 29.4 Å². The average Bonchev–Trinajstić information content (AvgIpc) is 2.59. The maximum Gasteiger partial charge on any atom is 0.265 e. The number of carbonyl (C=O) groups is 1. The molecule has 1 amide bonds. The standard InChI is InChI=1S/C18H16ClN3O2/c1-2-13-3-5-14(6-4-13)11-21-24-12-18(23)22-16-8-7-15(10-20)17(19)9-16/h3-9,11H,2,12H2,1H3,(H,22,23)/b21-11-. The van der Waals surface area contributed by atoms with Crippen LogP contribution in [0.1, 0.15) is 23.6 Å². The predicted molar refractivity (Wildman–Crippen MR) is 94.2 cm³/mol. The monoisotopic (exact) mass is 341 g/mol. The number of amides is 1. The Morgan fingerprint density at radius 1 is 1.33 bits per heavy atom. The Labute approximate surface area is 145 Å². The highest BCUT2D eigenvalue weighted by Gasteiger charge is 2.05. The molecule has 0 heterocycles. The molecule has 0 atom stereocenters. The highest BCUT2D eigenvalue weighted by molar-refractivity contribution is 6.32. The minimum atomic E-state index is -0.366. The van der Waals surface area contributed by atoms with E-state index < -0.39 is 0 Å². The molecule has 5 nitrogen and oxygen atoms in total. The van der Waals surface area contributed by atoms with Gasteiger partial charge in [0.05, 0.1) is 16.8 Å². The molecule has 0 aromatic heterocycles. The molecule has 0 fully saturated rings. The van der Waals surface area contributed by atoms with E-state index in [1.165, 1.54) is 17.7 Å². The van der Waals surface area contributed by atoms with Gasteiger partial charge in [0.2, 0.25) is 0 Å². The minimum absolute atomic E-state index is 0.221. The molecule has 122 valence electrons. The quantitative estimate of drug-likeness (QED) is 0.642. The van der Waals surface area contributed by atoms with Crippen molar-refractivity contribution < 1.29 is 9.63 Å². The molecule has 24 heavy (non-hydrogen) atoms. The molecule has 1 N–H and O–H groups in total. The first-order valence-corrected chi connectivity index (χ1v) is 7.74. The van der Waals surface area contributed by atoms with E-state index in [-0.39, 0.29) is 17.5 Å². The van der Waals surface area contributed by atoms with Crippen LogP contribution in [0.5, 0.6) is 0 Å². The first-order valence-electron chi connectivity index (χ1n) is 7.36. The highest BCUT2D eigenvalue weighted by atomic mass is 35.5. The number of benzene rings is 2. The van der Waals surface area contributed by atoms with Gasteiger partial charge in [0.25, 0.3) is 5.91 Å². The van der Waals surface area contributed by atoms with Crippen LogP contribution in [-0.2, 0) is 16.1 Å². The summed E-state index contributed by atoms with van der Waals surface area (Å²) in [7, 11) is 0. The van der Waals surface area contributed by atoms with Crippen molar-refractivity contribution in [1.82, 2.24) is 0 Å². The van der Waals surface area contributed by atoms with Crippen LogP contribution in [0, 0.1) is 11.3 Å². The molecule has 0 saturated heterocycles. The first-order chi connectivity index (χ1) is 11.6. The number of rotatable bonds is 6. The zero-order chi connectivity index (χ0) is 17.4. The van der Waals surface area contributed by atoms with Crippen LogP contribution in [0.3, 0.4) is 0 Å². The molecule has 2 rings (SSSR count). The van der Waals surface area contributed by atoms with Gasteiger partial charge in [-0.15, -0.1) is 0 Å². The van der Waals surface area contributed by atoms with Crippen molar-refractivity contribution in [3.8, 4) is 6.07 Å². The second kappa shape index (κ2) is 8.70. The summed E-state index contributed by atoms with van der Waals surface area (Å²) in [5, 5.41) is 15.5. The number of oxime groups is 1. The van der Waals surface area contributed by atoms with Crippen molar-refractivity contribution in [2.24, 2.45) is 5.16 Å². The fourth-order valence-corrected chi connectivity index (χ4v) is 2.14. The van der Waals surface area contributed by atoms with E-state index in [4.69, 9.17) is 21.7 Å². The number of nitriles is 1. The summed E-state index contributed by atoms with van der Waals surface area (Å²) >= 11 is 5.90. The molecular formula is C18H16ClN3O2. The number of carbonyl (C=O) groups excluding carboxylic acids is 1. The van der Waals surface area contributed by atoms with Crippen LogP contribution in [-0.4, -0.2) is 18.7 Å². The van der Waals surface area contributed by atoms with Crippen LogP contribution in [0.2, 0.25) is 5.02 Å². The third kappa shape index (κ3) is 5.11. The smallest absolute Gasteiger partial charge is 0.265 e. The zero-order valence-corrected chi connectivity index (χ0v) is 13.9. The summed E-state index contributed by atoms with van der Waals surface area (Å²) in [6.07, 6.45) is 2.53. The lowest BCUT2D eigenvalue weighted by Crippen LogP contribution is -2.17. The van der Waals surface area contributed by atoms with Gasteiger partial charge >= 0.3 is 0 Å². The SMILES string of the molecule is CCc1ccc(/C=N\OCC(=O)Nc2ccc(C#N)c(Cl)c2)cc1. The number of nitrogens with one attached hydrogen (secondary N) is 1. The summed E-state index contributed by atoms with van der Waals surface area (Å²) in [5.74, 6) is -0.366. The molecule has 0 radical (unpaired) electrons. The minimum Gasteiger partial charge on any atom is -0.386 e. The normalized spacial score (nSPS) is 10.4. The van der Waals surface area contributed by atoms with Crippen molar-refractivity contribution in [1.29, 1.82) is 5.26 Å². The molecular weight excluding hydrogens is 326 g/mol. The zero-order valence-electron chi connectivity index (χ0n) is 13.1. The summed E-state index contributed by atoms with van der Waals surface area (Å²) in [5.41, 5.74) is 2.98. The lowest BCUT2D eigenvalue weighted by Gasteiger charge is -2.05. The summed E-state index contributed by atoms with van der Waals surface area (Å²) < 4.78 is 0. The molecule has 0 saturated carbocycles. The molecule has 0 spiro atoms. The van der Waals surface area contributed by atoms with Crippen molar-refractivity contribution in [2.45, 2.75) is 13.3 Å². The van der Waals surface area contributed by atoms with E-state index in [0.717, 1.165) is 12.0 Å². The van der Waals surface area contributed by atoms with Gasteiger partial charge in [-0.25, -0.2) is 0 Å². The third-order valence-corrected chi connectivity index (χ3v) is 3.55. The van der Waals surface area contributed by atoms with Crippen LogP contribution < -0.4 is 5.32 Å². The van der Waals surface area contributed by atoms with Crippen LogP contribution in [0.4, 0.5) is 5.69 Å². The average molecular weight is 342 g/mol. The van der Waals surface area contributed by atoms with Gasteiger partial charge in [-0.3, -0.25) is 4.79 Å². The van der Waals surface area contributed by atoms with E-state index >= 15 is 0 Å². The van der Waals surface area contributed by atoms with Crippen molar-refractivity contribution in [2.75, 3.05) is 11.9 Å². The van der Waals surface area contributed by atoms with Gasteiger partial charge in [-0.1, -0.05) is 47.9 Å². The Morgan fingerprint density at radius 3 is 2.71 bits per heavy atom. The van der Waals surface area contributed by atoms with Gasteiger partial charge in [-0.2, -0.15) is 5.26 Å². The number of aryl methyl sites for hydroxylation is 1. The summed E-state index contributed by atoms with van der Waals surface area (Å²) in [6.45, 7) is 1.87. The van der Waals surface area contributed by atoms with Gasteiger partial charge in [0.1, 0.15) is 6.07 Å². The van der Waals surface area contributed by atoms with Gasteiger partial charge < -0.3 is 10.2 Å². The number of anilines is 1. The molecule has 2 aromatic carbocycles. The fourth-order valence-electron chi connectivity index (χ4n) is 1.91. The third-order valence-electron chi connectivity index (χ3n) is 3.23. The summed E-state index contributed by atoms with van der Waals surface area (Å²) in [4.78, 5) is 16.7. The first kappa shape index (κ1) is 17.5. The van der Waals surface area contributed by atoms with Gasteiger partial charge in [-0.05, 0) is 35.7 Å². The predicted octanol–water partition coefficient (Wildman–Crippen LogP) is 3.76. The van der Waals surface area contributed by atoms with Crippen LogP contribution in [0.15, 0.2) is 47.6 Å². The summed E-state index contributed by atoms with van der Waals surface area (Å²) in [6, 6.07) is 14.5. The molecule has 0 aliphatic rings. The van der Waals surface area contributed by atoms with Gasteiger partial charge in [0, 0.05) is 5.69 Å². The topological polar surface area (TPSA) is 74.5 Å².